The van der Waals surface area contributed by atoms with Gasteiger partial charge in [-0.15, -0.1) is 0 Å². The molecule has 1 heterocycles. The molecule has 0 aromatic carbocycles. The van der Waals surface area contributed by atoms with Crippen LogP contribution in [0, 0.1) is 0 Å². The molecule has 0 saturated heterocycles. The Kier molecular flexibility index (Phi) is 4.11. The minimum Gasteiger partial charge on any atom is -0.462 e. The standard InChI is InChI=1S/C9H12F3N3O2/c1-2-17-8(16)6-4-14-15(5-6)7(3-13)9(10,11)12/h4-5,7H,2-3,13H2,1H3. The van der Waals surface area contributed by atoms with Gasteiger partial charge in [-0.1, -0.05) is 0 Å². The maximum Gasteiger partial charge on any atom is 0.412 e. The van der Waals surface area contributed by atoms with E-state index >= 15 is 0 Å². The third kappa shape index (κ3) is 3.19. The highest BCUT2D eigenvalue weighted by molar-refractivity contribution is 5.88. The van der Waals surface area contributed by atoms with Crippen molar-refractivity contribution in [3.05, 3.63) is 18.0 Å². The Labute approximate surface area is 95.3 Å². The molecule has 1 aromatic heterocycles. The zero-order valence-corrected chi connectivity index (χ0v) is 9.07. The number of nitrogens with zero attached hydrogens (tertiary/aromatic N) is 2. The molecular formula is C9H12F3N3O2. The van der Waals surface area contributed by atoms with E-state index in [9.17, 15) is 18.0 Å². The maximum atomic E-state index is 12.5. The third-order valence-corrected chi connectivity index (χ3v) is 2.03. The molecule has 5 nitrogen and oxygen atoms in total. The van der Waals surface area contributed by atoms with Crippen molar-refractivity contribution in [3.8, 4) is 0 Å². The van der Waals surface area contributed by atoms with Gasteiger partial charge >= 0.3 is 12.1 Å². The molecule has 0 radical (unpaired) electrons. The number of carbonyl (C=O) groups excluding carboxylic acids is 1. The van der Waals surface area contributed by atoms with Crippen LogP contribution in [0.4, 0.5) is 13.2 Å². The maximum absolute atomic E-state index is 12.5. The Hall–Kier alpha value is -1.57. The minimum atomic E-state index is -4.51. The molecule has 1 unspecified atom stereocenters. The summed E-state index contributed by atoms with van der Waals surface area (Å²) in [5.41, 5.74) is 5.01. The van der Waals surface area contributed by atoms with Crippen molar-refractivity contribution in [2.24, 2.45) is 5.73 Å². The van der Waals surface area contributed by atoms with Crippen molar-refractivity contribution in [1.29, 1.82) is 0 Å². The molecule has 0 amide bonds. The van der Waals surface area contributed by atoms with Crippen LogP contribution in [0.3, 0.4) is 0 Å². The number of aromatic nitrogens is 2. The Morgan fingerprint density at radius 3 is 2.76 bits per heavy atom. The summed E-state index contributed by atoms with van der Waals surface area (Å²) in [4.78, 5) is 11.2. The second-order valence-corrected chi connectivity index (χ2v) is 3.22. The number of esters is 1. The second kappa shape index (κ2) is 5.17. The van der Waals surface area contributed by atoms with Crippen molar-refractivity contribution in [3.63, 3.8) is 0 Å². The first-order chi connectivity index (χ1) is 7.90. The Bertz CT molecular complexity index is 389. The third-order valence-electron chi connectivity index (χ3n) is 2.03. The number of hydrogen-bond donors (Lipinski definition) is 1. The largest absolute Gasteiger partial charge is 0.462 e. The number of carbonyl (C=O) groups is 1. The zero-order valence-electron chi connectivity index (χ0n) is 9.07. The molecule has 0 bridgehead atoms. The molecular weight excluding hydrogens is 239 g/mol. The van der Waals surface area contributed by atoms with Crippen LogP contribution in [0.5, 0.6) is 0 Å². The van der Waals surface area contributed by atoms with Gasteiger partial charge in [-0.25, -0.2) is 4.79 Å². The van der Waals surface area contributed by atoms with Gasteiger partial charge in [-0.2, -0.15) is 18.3 Å². The molecule has 2 N–H and O–H groups in total. The Morgan fingerprint density at radius 1 is 1.65 bits per heavy atom. The first kappa shape index (κ1) is 13.5. The number of nitrogens with two attached hydrogens (primary N) is 1. The highest BCUT2D eigenvalue weighted by Crippen LogP contribution is 2.29. The quantitative estimate of drug-likeness (QED) is 0.814. The molecule has 1 atom stereocenters. The number of halogens is 3. The molecule has 0 spiro atoms. The van der Waals surface area contributed by atoms with Gasteiger partial charge in [0.15, 0.2) is 6.04 Å². The van der Waals surface area contributed by atoms with Gasteiger partial charge in [0.1, 0.15) is 0 Å². The number of rotatable bonds is 4. The first-order valence-corrected chi connectivity index (χ1v) is 4.88. The molecule has 0 aliphatic heterocycles. The molecule has 0 aliphatic rings. The summed E-state index contributed by atoms with van der Waals surface area (Å²) in [6, 6.07) is -1.94. The van der Waals surface area contributed by atoms with Crippen molar-refractivity contribution in [2.45, 2.75) is 19.1 Å². The van der Waals surface area contributed by atoms with Crippen molar-refractivity contribution in [2.75, 3.05) is 13.2 Å². The summed E-state index contributed by atoms with van der Waals surface area (Å²) in [6.45, 7) is 1.10. The second-order valence-electron chi connectivity index (χ2n) is 3.22. The lowest BCUT2D eigenvalue weighted by Gasteiger charge is -2.18. The minimum absolute atomic E-state index is 0.0328. The van der Waals surface area contributed by atoms with E-state index in [2.05, 4.69) is 9.84 Å². The van der Waals surface area contributed by atoms with E-state index in [4.69, 9.17) is 5.73 Å². The van der Waals surface area contributed by atoms with Crippen LogP contribution in [-0.4, -0.2) is 35.1 Å². The zero-order chi connectivity index (χ0) is 13.1. The van der Waals surface area contributed by atoms with Crippen LogP contribution in [0.25, 0.3) is 0 Å². The molecule has 96 valence electrons. The van der Waals surface area contributed by atoms with Gasteiger partial charge in [0, 0.05) is 12.7 Å². The van der Waals surface area contributed by atoms with Gasteiger partial charge in [0.25, 0.3) is 0 Å². The number of alkyl halides is 3. The Balaban J connectivity index is 2.90. The van der Waals surface area contributed by atoms with Gasteiger partial charge in [-0.05, 0) is 6.92 Å². The molecule has 17 heavy (non-hydrogen) atoms. The van der Waals surface area contributed by atoms with E-state index in [1.54, 1.807) is 6.92 Å². The van der Waals surface area contributed by atoms with Crippen molar-refractivity contribution in [1.82, 2.24) is 9.78 Å². The fourth-order valence-electron chi connectivity index (χ4n) is 1.22. The van der Waals surface area contributed by atoms with E-state index < -0.39 is 24.7 Å². The van der Waals surface area contributed by atoms with E-state index in [0.717, 1.165) is 12.4 Å². The summed E-state index contributed by atoms with van der Waals surface area (Å²) in [5, 5.41) is 3.47. The summed E-state index contributed by atoms with van der Waals surface area (Å²) in [5.74, 6) is -0.711. The van der Waals surface area contributed by atoms with Gasteiger partial charge < -0.3 is 10.5 Å². The van der Waals surface area contributed by atoms with Crippen LogP contribution in [0.1, 0.15) is 23.3 Å². The smallest absolute Gasteiger partial charge is 0.412 e. The average Bonchev–Trinajstić information content (AvgIpc) is 2.66. The molecule has 1 aromatic rings. The lowest BCUT2D eigenvalue weighted by molar-refractivity contribution is -0.167. The molecule has 8 heteroatoms. The normalized spacial score (nSPS) is 13.5. The fourth-order valence-corrected chi connectivity index (χ4v) is 1.22. The summed E-state index contributed by atoms with van der Waals surface area (Å²) in [6.07, 6.45) is -2.51. The Morgan fingerprint density at radius 2 is 2.29 bits per heavy atom. The van der Waals surface area contributed by atoms with Crippen LogP contribution in [0.15, 0.2) is 12.4 Å². The van der Waals surface area contributed by atoms with E-state index in [0.29, 0.717) is 4.68 Å². The average molecular weight is 251 g/mol. The predicted octanol–water partition coefficient (Wildman–Crippen LogP) is 1.12. The lowest BCUT2D eigenvalue weighted by Crippen LogP contribution is -2.33. The molecule has 0 aliphatic carbocycles. The number of ether oxygens (including phenoxy) is 1. The topological polar surface area (TPSA) is 70.1 Å². The fraction of sp³-hybridized carbons (Fsp3) is 0.556. The highest BCUT2D eigenvalue weighted by Gasteiger charge is 2.40. The van der Waals surface area contributed by atoms with Crippen molar-refractivity contribution < 1.29 is 22.7 Å². The first-order valence-electron chi connectivity index (χ1n) is 4.88. The summed E-state index contributed by atoms with van der Waals surface area (Å²) < 4.78 is 42.8. The molecule has 0 saturated carbocycles. The molecule has 0 fully saturated rings. The van der Waals surface area contributed by atoms with E-state index in [-0.39, 0.29) is 12.2 Å². The SMILES string of the molecule is CCOC(=O)c1cnn(C(CN)C(F)(F)F)c1. The monoisotopic (exact) mass is 251 g/mol. The van der Waals surface area contributed by atoms with Crippen molar-refractivity contribution >= 4 is 5.97 Å². The van der Waals surface area contributed by atoms with E-state index in [1.807, 2.05) is 0 Å². The van der Waals surface area contributed by atoms with Crippen LogP contribution >= 0.6 is 0 Å². The van der Waals surface area contributed by atoms with Crippen LogP contribution in [0.2, 0.25) is 0 Å². The molecule has 1 rings (SSSR count). The lowest BCUT2D eigenvalue weighted by atomic mass is 10.3. The van der Waals surface area contributed by atoms with Gasteiger partial charge in [0.05, 0.1) is 18.4 Å². The highest BCUT2D eigenvalue weighted by atomic mass is 19.4. The van der Waals surface area contributed by atoms with Gasteiger partial charge in [0.2, 0.25) is 0 Å². The van der Waals surface area contributed by atoms with Gasteiger partial charge in [-0.3, -0.25) is 4.68 Å². The van der Waals surface area contributed by atoms with Crippen LogP contribution in [-0.2, 0) is 4.74 Å². The summed E-state index contributed by atoms with van der Waals surface area (Å²) >= 11 is 0. The van der Waals surface area contributed by atoms with Crippen LogP contribution < -0.4 is 5.73 Å². The summed E-state index contributed by atoms with van der Waals surface area (Å²) in [7, 11) is 0. The van der Waals surface area contributed by atoms with E-state index in [1.165, 1.54) is 0 Å². The predicted molar refractivity (Wildman–Crippen MR) is 52.3 cm³/mol. The number of hydrogen-bond acceptors (Lipinski definition) is 4.